The van der Waals surface area contributed by atoms with Gasteiger partial charge in [0.15, 0.2) is 0 Å². The van der Waals surface area contributed by atoms with Crippen molar-refractivity contribution in [3.8, 4) is 28.4 Å². The van der Waals surface area contributed by atoms with Crippen molar-refractivity contribution in [2.24, 2.45) is 22.9 Å². The number of aliphatic hydroxyl groups is 2. The quantitative estimate of drug-likeness (QED) is 0.0545. The number of nitrogens with zero attached hydrogens (tertiary/aromatic N) is 2. The van der Waals surface area contributed by atoms with Gasteiger partial charge < -0.3 is 34.0 Å². The third-order valence-electron chi connectivity index (χ3n) is 12.2. The van der Waals surface area contributed by atoms with Crippen LogP contribution >= 0.6 is 0 Å². The maximum atomic E-state index is 14.3. The van der Waals surface area contributed by atoms with Gasteiger partial charge in [0.1, 0.15) is 36.2 Å². The Morgan fingerprint density at radius 2 is 1.64 bits per heavy atom. The molecule has 61 heavy (non-hydrogen) atoms. The van der Waals surface area contributed by atoms with Gasteiger partial charge in [0.2, 0.25) is 5.79 Å². The Hall–Kier alpha value is -5.49. The van der Waals surface area contributed by atoms with E-state index in [0.717, 1.165) is 47.9 Å². The molecule has 1 fully saturated rings. The highest BCUT2D eigenvalue weighted by Gasteiger charge is 2.65. The second-order valence-corrected chi connectivity index (χ2v) is 15.9. The molecule has 0 radical (unpaired) electrons. The number of fused-ring (bicyclic) bond motifs is 2. The summed E-state index contributed by atoms with van der Waals surface area (Å²) >= 11 is 0. The number of allylic oxidation sites excluding steroid dienone is 1. The molecule has 1 amide bonds. The summed E-state index contributed by atoms with van der Waals surface area (Å²) < 4.78 is 40.8. The van der Waals surface area contributed by atoms with Crippen LogP contribution in [0.5, 0.6) is 17.2 Å². The van der Waals surface area contributed by atoms with Crippen molar-refractivity contribution in [2.75, 3.05) is 33.5 Å². The van der Waals surface area contributed by atoms with E-state index in [1.165, 1.54) is 19.2 Å². The van der Waals surface area contributed by atoms with Gasteiger partial charge in [0, 0.05) is 37.7 Å². The van der Waals surface area contributed by atoms with Crippen LogP contribution in [0.2, 0.25) is 0 Å². The van der Waals surface area contributed by atoms with Crippen molar-refractivity contribution < 1.29 is 43.2 Å². The van der Waals surface area contributed by atoms with E-state index in [2.05, 4.69) is 36.0 Å². The van der Waals surface area contributed by atoms with Crippen molar-refractivity contribution in [3.05, 3.63) is 138 Å². The molecular weight excluding hydrogens is 776 g/mol. The number of halogens is 1. The van der Waals surface area contributed by atoms with Crippen LogP contribution in [0.15, 0.2) is 127 Å². The number of amides is 1. The standard InChI is InChI=1S/C50H57FN2O8/c1-4-29-59-50-46(53(49(56)58-5-2)33-34-17-21-38(51)22-18-34)32-44(52-57-3)42-30-37(15-9-11-27-54)41(16-10-12-28-55)47(48(42)50)43-31-40(25-26-45(43)61-50)60-39-23-19-36(20-24-39)35-13-7-6-8-14-35/h4,6-8,13-14,17-26,30-31,37,41,46-48,54-55H,1,5,9-12,15-16,27-29,32-33H2,2-3H3. The molecule has 2 N–H and O–H groups in total. The zero-order chi connectivity index (χ0) is 42.8. The van der Waals surface area contributed by atoms with Crippen LogP contribution in [0.4, 0.5) is 9.18 Å². The Labute approximate surface area is 358 Å². The predicted molar refractivity (Wildman–Crippen MR) is 233 cm³/mol. The molecule has 7 rings (SSSR count). The van der Waals surface area contributed by atoms with Crippen molar-refractivity contribution in [1.82, 2.24) is 4.90 Å². The Balaban J connectivity index is 1.40. The Bertz CT molecular complexity index is 2140. The first-order valence-corrected chi connectivity index (χ1v) is 21.5. The molecular formula is C50H57FN2O8. The molecule has 10 nitrogen and oxygen atoms in total. The summed E-state index contributed by atoms with van der Waals surface area (Å²) in [6.07, 6.45) is 8.12. The number of benzene rings is 4. The van der Waals surface area contributed by atoms with Crippen LogP contribution in [-0.2, 0) is 20.9 Å². The zero-order valence-electron chi connectivity index (χ0n) is 35.1. The Morgan fingerprint density at radius 1 is 0.934 bits per heavy atom. The van der Waals surface area contributed by atoms with Gasteiger partial charge in [-0.15, -0.1) is 6.58 Å². The first-order valence-electron chi connectivity index (χ1n) is 21.5. The van der Waals surface area contributed by atoms with Gasteiger partial charge in [0.05, 0.1) is 24.8 Å². The number of hydrogen-bond acceptors (Lipinski definition) is 9. The fraction of sp³-hybridized carbons (Fsp3) is 0.400. The first kappa shape index (κ1) is 43.6. The van der Waals surface area contributed by atoms with E-state index in [4.69, 9.17) is 23.8 Å². The molecule has 3 aliphatic rings. The average molecular weight is 833 g/mol. The fourth-order valence-electron chi connectivity index (χ4n) is 9.60. The highest BCUT2D eigenvalue weighted by Crippen LogP contribution is 2.62. The molecule has 0 saturated heterocycles. The van der Waals surface area contributed by atoms with E-state index in [1.807, 2.05) is 54.6 Å². The van der Waals surface area contributed by atoms with Gasteiger partial charge in [-0.25, -0.2) is 9.18 Å². The minimum atomic E-state index is -1.47. The lowest BCUT2D eigenvalue weighted by atomic mass is 9.55. The van der Waals surface area contributed by atoms with Crippen LogP contribution in [0.3, 0.4) is 0 Å². The monoisotopic (exact) mass is 832 g/mol. The molecule has 6 unspecified atom stereocenters. The summed E-state index contributed by atoms with van der Waals surface area (Å²) in [6, 6.07) is 29.3. The third kappa shape index (κ3) is 9.54. The molecule has 4 aromatic rings. The highest BCUT2D eigenvalue weighted by molar-refractivity contribution is 6.03. The maximum absolute atomic E-state index is 14.3. The summed E-state index contributed by atoms with van der Waals surface area (Å²) in [5.41, 5.74) is 5.41. The van der Waals surface area contributed by atoms with E-state index in [9.17, 15) is 19.4 Å². The topological polar surface area (TPSA) is 119 Å². The number of ether oxygens (including phenoxy) is 4. The number of aliphatic hydroxyl groups excluding tert-OH is 2. The molecule has 2 aliphatic carbocycles. The SMILES string of the molecule is C=CCOC12Oc3ccc(Oc4ccc(-c5ccccc5)cc4)cc3C3C(CCCCO)C(CCCCO)C=C(C(=NOC)CC1N(Cc1ccc(F)cc1)C(=O)OCC)C32. The lowest BCUT2D eigenvalue weighted by Gasteiger charge is -2.59. The molecule has 4 aromatic carbocycles. The van der Waals surface area contributed by atoms with Crippen molar-refractivity contribution in [1.29, 1.82) is 0 Å². The lowest BCUT2D eigenvalue weighted by Crippen LogP contribution is -2.70. The molecule has 0 spiro atoms. The number of carbonyl (C=O) groups is 1. The number of oxime groups is 1. The number of unbranched alkanes of at least 4 members (excludes halogenated alkanes) is 2. The van der Waals surface area contributed by atoms with Crippen LogP contribution in [0, 0.1) is 23.6 Å². The number of carbonyl (C=O) groups excluding carboxylic acids is 1. The van der Waals surface area contributed by atoms with Crippen LogP contribution in [-0.4, -0.2) is 72.3 Å². The van der Waals surface area contributed by atoms with E-state index >= 15 is 0 Å². The molecule has 1 aliphatic heterocycles. The number of hydrogen-bond donors (Lipinski definition) is 2. The summed E-state index contributed by atoms with van der Waals surface area (Å²) in [5.74, 6) is -0.586. The third-order valence-corrected chi connectivity index (χ3v) is 12.2. The predicted octanol–water partition coefficient (Wildman–Crippen LogP) is 10.2. The van der Waals surface area contributed by atoms with E-state index in [1.54, 1.807) is 30.0 Å². The largest absolute Gasteiger partial charge is 0.459 e. The van der Waals surface area contributed by atoms with Gasteiger partial charge in [-0.2, -0.15) is 0 Å². The van der Waals surface area contributed by atoms with E-state index in [-0.39, 0.29) is 63.0 Å². The minimum Gasteiger partial charge on any atom is -0.459 e. The van der Waals surface area contributed by atoms with Crippen LogP contribution in [0.25, 0.3) is 11.1 Å². The summed E-state index contributed by atoms with van der Waals surface area (Å²) in [5, 5.41) is 24.4. The summed E-state index contributed by atoms with van der Waals surface area (Å²) in [7, 11) is 1.51. The first-order chi connectivity index (χ1) is 29.8. The van der Waals surface area contributed by atoms with E-state index in [0.29, 0.717) is 41.4 Å². The fourth-order valence-corrected chi connectivity index (χ4v) is 9.60. The molecule has 6 atom stereocenters. The van der Waals surface area contributed by atoms with Gasteiger partial charge >= 0.3 is 6.09 Å². The molecule has 322 valence electrons. The molecule has 1 heterocycles. The van der Waals surface area contributed by atoms with Crippen LogP contribution < -0.4 is 9.47 Å². The molecule has 11 heteroatoms. The molecule has 1 saturated carbocycles. The second-order valence-electron chi connectivity index (χ2n) is 15.9. The average Bonchev–Trinajstić information content (AvgIpc) is 3.28. The van der Waals surface area contributed by atoms with Crippen molar-refractivity contribution in [2.45, 2.75) is 76.2 Å². The summed E-state index contributed by atoms with van der Waals surface area (Å²) in [4.78, 5) is 21.4. The molecule has 0 aromatic heterocycles. The Kier molecular flexibility index (Phi) is 14.6. The van der Waals surface area contributed by atoms with Gasteiger partial charge in [0.25, 0.3) is 0 Å². The molecule has 0 bridgehead atoms. The van der Waals surface area contributed by atoms with Crippen molar-refractivity contribution in [3.63, 3.8) is 0 Å². The van der Waals surface area contributed by atoms with Gasteiger partial charge in [-0.3, -0.25) is 4.90 Å². The minimum absolute atomic E-state index is 0.0319. The zero-order valence-corrected chi connectivity index (χ0v) is 35.1. The van der Waals surface area contributed by atoms with Crippen LogP contribution in [0.1, 0.15) is 68.9 Å². The number of rotatable bonds is 19. The smallest absolute Gasteiger partial charge is 0.410 e. The lowest BCUT2D eigenvalue weighted by molar-refractivity contribution is -0.256. The highest BCUT2D eigenvalue weighted by atomic mass is 19.1. The maximum Gasteiger partial charge on any atom is 0.410 e. The second kappa shape index (κ2) is 20.4. The Morgan fingerprint density at radius 3 is 2.33 bits per heavy atom. The normalized spacial score (nSPS) is 23.2. The van der Waals surface area contributed by atoms with Gasteiger partial charge in [-0.1, -0.05) is 84.7 Å². The van der Waals surface area contributed by atoms with Crippen molar-refractivity contribution >= 4 is 11.8 Å². The van der Waals surface area contributed by atoms with E-state index < -0.39 is 23.8 Å². The summed E-state index contributed by atoms with van der Waals surface area (Å²) in [6.45, 7) is 6.26. The van der Waals surface area contributed by atoms with Gasteiger partial charge in [-0.05, 0) is 109 Å².